The Labute approximate surface area is 92.0 Å². The predicted octanol–water partition coefficient (Wildman–Crippen LogP) is 2.39. The van der Waals surface area contributed by atoms with Crippen molar-refractivity contribution in [1.82, 2.24) is 0 Å². The molecule has 1 aliphatic rings. The molecule has 0 aliphatic heterocycles. The fourth-order valence-electron chi connectivity index (χ4n) is 3.42. The fraction of sp³-hybridized carbons (Fsp3) is 0.917. The molecule has 1 aliphatic carbocycles. The topological polar surface area (TPSA) is 63.3 Å². The number of nitrogens with two attached hydrogens (primary N) is 1. The third kappa shape index (κ3) is 1.89. The minimum Gasteiger partial charge on any atom is -0.481 e. The minimum atomic E-state index is -0.733. The molecule has 1 atom stereocenters. The molecule has 1 saturated carbocycles. The van der Waals surface area contributed by atoms with Gasteiger partial charge in [-0.3, -0.25) is 4.79 Å². The largest absolute Gasteiger partial charge is 0.481 e. The smallest absolute Gasteiger partial charge is 0.303 e. The molecule has 3 nitrogen and oxygen atoms in total. The summed E-state index contributed by atoms with van der Waals surface area (Å²) in [5, 5.41) is 9.08. The van der Waals surface area contributed by atoms with Crippen LogP contribution >= 0.6 is 0 Å². The maximum absolute atomic E-state index is 11.0. The van der Waals surface area contributed by atoms with E-state index in [1.165, 1.54) is 0 Å². The van der Waals surface area contributed by atoms with Crippen molar-refractivity contribution < 1.29 is 9.90 Å². The lowest BCUT2D eigenvalue weighted by Crippen LogP contribution is -2.56. The molecule has 0 heterocycles. The van der Waals surface area contributed by atoms with Gasteiger partial charge in [0.05, 0.1) is 6.42 Å². The number of aliphatic carboxylic acids is 1. The summed E-state index contributed by atoms with van der Waals surface area (Å²) in [4.78, 5) is 11.0. The van der Waals surface area contributed by atoms with E-state index in [-0.39, 0.29) is 17.3 Å². The molecule has 88 valence electrons. The van der Waals surface area contributed by atoms with Gasteiger partial charge in [0.2, 0.25) is 0 Å². The number of hydrogen-bond donors (Lipinski definition) is 2. The SMILES string of the molecule is CC(C)(N)C1(CC(=O)O)CCCC1(C)C. The predicted molar refractivity (Wildman–Crippen MR) is 60.6 cm³/mol. The average Bonchev–Trinajstić information content (AvgIpc) is 2.25. The van der Waals surface area contributed by atoms with Gasteiger partial charge in [-0.1, -0.05) is 20.3 Å². The highest BCUT2D eigenvalue weighted by Gasteiger charge is 2.56. The molecule has 0 aromatic carbocycles. The Morgan fingerprint density at radius 3 is 2.20 bits per heavy atom. The summed E-state index contributed by atoms with van der Waals surface area (Å²) >= 11 is 0. The first-order valence-corrected chi connectivity index (χ1v) is 5.63. The monoisotopic (exact) mass is 213 g/mol. The second kappa shape index (κ2) is 3.48. The standard InChI is InChI=1S/C12H23NO2/c1-10(2)6-5-7-12(10,8-9(14)15)11(3,4)13/h5-8,13H2,1-4H3,(H,14,15). The molecule has 0 aromatic rings. The zero-order valence-corrected chi connectivity index (χ0v) is 10.3. The maximum atomic E-state index is 11.0. The first-order valence-electron chi connectivity index (χ1n) is 5.63. The number of hydrogen-bond acceptors (Lipinski definition) is 2. The maximum Gasteiger partial charge on any atom is 0.303 e. The lowest BCUT2D eigenvalue weighted by Gasteiger charge is -2.50. The van der Waals surface area contributed by atoms with Crippen molar-refractivity contribution in [1.29, 1.82) is 0 Å². The summed E-state index contributed by atoms with van der Waals surface area (Å²) in [7, 11) is 0. The summed E-state index contributed by atoms with van der Waals surface area (Å²) in [5.41, 5.74) is 5.54. The molecule has 1 unspecified atom stereocenters. The molecule has 0 amide bonds. The summed E-state index contributed by atoms with van der Waals surface area (Å²) < 4.78 is 0. The van der Waals surface area contributed by atoms with Gasteiger partial charge in [0.25, 0.3) is 0 Å². The molecule has 0 radical (unpaired) electrons. The van der Waals surface area contributed by atoms with Crippen LogP contribution < -0.4 is 5.73 Å². The highest BCUT2D eigenvalue weighted by atomic mass is 16.4. The van der Waals surface area contributed by atoms with E-state index >= 15 is 0 Å². The Morgan fingerprint density at radius 1 is 1.40 bits per heavy atom. The summed E-state index contributed by atoms with van der Waals surface area (Å²) in [6.45, 7) is 8.22. The zero-order chi connectivity index (χ0) is 11.9. The van der Waals surface area contributed by atoms with Crippen molar-refractivity contribution in [3.8, 4) is 0 Å². The van der Waals surface area contributed by atoms with E-state index in [9.17, 15) is 4.79 Å². The quantitative estimate of drug-likeness (QED) is 0.756. The van der Waals surface area contributed by atoms with Gasteiger partial charge in [-0.05, 0) is 32.1 Å². The van der Waals surface area contributed by atoms with Gasteiger partial charge in [0.1, 0.15) is 0 Å². The van der Waals surface area contributed by atoms with Gasteiger partial charge in [-0.2, -0.15) is 0 Å². The lowest BCUT2D eigenvalue weighted by molar-refractivity contribution is -0.143. The van der Waals surface area contributed by atoms with Gasteiger partial charge in [0.15, 0.2) is 0 Å². The van der Waals surface area contributed by atoms with E-state index in [0.717, 1.165) is 19.3 Å². The molecular formula is C12H23NO2. The molecule has 0 bridgehead atoms. The van der Waals surface area contributed by atoms with E-state index in [1.807, 2.05) is 13.8 Å². The highest BCUT2D eigenvalue weighted by Crippen LogP contribution is 2.59. The molecule has 0 saturated heterocycles. The molecule has 3 heteroatoms. The van der Waals surface area contributed by atoms with Gasteiger partial charge >= 0.3 is 5.97 Å². The van der Waals surface area contributed by atoms with E-state index in [2.05, 4.69) is 13.8 Å². The van der Waals surface area contributed by atoms with Crippen LogP contribution in [0.15, 0.2) is 0 Å². The van der Waals surface area contributed by atoms with Crippen LogP contribution in [0.25, 0.3) is 0 Å². The van der Waals surface area contributed by atoms with Crippen LogP contribution in [0, 0.1) is 10.8 Å². The van der Waals surface area contributed by atoms with Gasteiger partial charge < -0.3 is 10.8 Å². The Balaban J connectivity index is 3.13. The number of carbonyl (C=O) groups is 1. The van der Waals surface area contributed by atoms with Gasteiger partial charge in [0, 0.05) is 11.0 Å². The fourth-order valence-corrected chi connectivity index (χ4v) is 3.42. The second-order valence-electron chi connectivity index (χ2n) is 6.11. The third-order valence-corrected chi connectivity index (χ3v) is 4.39. The number of carboxylic acids is 1. The Kier molecular flexibility index (Phi) is 2.90. The molecule has 3 N–H and O–H groups in total. The first-order chi connectivity index (χ1) is 6.62. The molecule has 1 rings (SSSR count). The van der Waals surface area contributed by atoms with E-state index in [4.69, 9.17) is 10.8 Å². The van der Waals surface area contributed by atoms with Crippen molar-refractivity contribution in [2.24, 2.45) is 16.6 Å². The molecule has 1 fully saturated rings. The van der Waals surface area contributed by atoms with Crippen LogP contribution in [0.1, 0.15) is 53.4 Å². The van der Waals surface area contributed by atoms with Crippen LogP contribution in [0.5, 0.6) is 0 Å². The summed E-state index contributed by atoms with van der Waals surface area (Å²) in [5.74, 6) is -0.733. The van der Waals surface area contributed by atoms with Crippen LogP contribution in [0.2, 0.25) is 0 Å². The third-order valence-electron chi connectivity index (χ3n) is 4.39. The van der Waals surface area contributed by atoms with Gasteiger partial charge in [-0.15, -0.1) is 0 Å². The number of rotatable bonds is 3. The summed E-state index contributed by atoms with van der Waals surface area (Å²) in [6.07, 6.45) is 3.26. The molecule has 0 aromatic heterocycles. The van der Waals surface area contributed by atoms with Gasteiger partial charge in [-0.25, -0.2) is 0 Å². The Bertz CT molecular complexity index is 265. The Morgan fingerprint density at radius 2 is 1.93 bits per heavy atom. The van der Waals surface area contributed by atoms with E-state index in [0.29, 0.717) is 0 Å². The van der Waals surface area contributed by atoms with E-state index < -0.39 is 11.5 Å². The van der Waals surface area contributed by atoms with Crippen molar-refractivity contribution >= 4 is 5.97 Å². The zero-order valence-electron chi connectivity index (χ0n) is 10.3. The van der Waals surface area contributed by atoms with Crippen molar-refractivity contribution in [2.75, 3.05) is 0 Å². The minimum absolute atomic E-state index is 0.0175. The second-order valence-corrected chi connectivity index (χ2v) is 6.11. The van der Waals surface area contributed by atoms with Crippen LogP contribution in [0.3, 0.4) is 0 Å². The molecule has 0 spiro atoms. The highest BCUT2D eigenvalue weighted by molar-refractivity contribution is 5.68. The van der Waals surface area contributed by atoms with Crippen molar-refractivity contribution in [3.63, 3.8) is 0 Å². The Hall–Kier alpha value is -0.570. The summed E-state index contributed by atoms with van der Waals surface area (Å²) in [6, 6.07) is 0. The van der Waals surface area contributed by atoms with Crippen LogP contribution in [-0.4, -0.2) is 16.6 Å². The molecular weight excluding hydrogens is 190 g/mol. The average molecular weight is 213 g/mol. The van der Waals surface area contributed by atoms with E-state index in [1.54, 1.807) is 0 Å². The van der Waals surface area contributed by atoms with Crippen LogP contribution in [0.4, 0.5) is 0 Å². The molecule has 15 heavy (non-hydrogen) atoms. The van der Waals surface area contributed by atoms with Crippen LogP contribution in [-0.2, 0) is 4.79 Å². The number of carboxylic acid groups (broad SMARTS) is 1. The lowest BCUT2D eigenvalue weighted by atomic mass is 9.57. The van der Waals surface area contributed by atoms with Crippen molar-refractivity contribution in [2.45, 2.75) is 58.9 Å². The normalized spacial score (nSPS) is 30.5. The van der Waals surface area contributed by atoms with Crippen molar-refractivity contribution in [3.05, 3.63) is 0 Å². The first kappa shape index (κ1) is 12.5.